The Hall–Kier alpha value is -12.5. The number of rotatable bonds is 19. The van der Waals surface area contributed by atoms with Crippen LogP contribution in [-0.2, 0) is 36.8 Å². The van der Waals surface area contributed by atoms with Gasteiger partial charge in [0.05, 0.1) is 83.0 Å². The fourth-order valence-corrected chi connectivity index (χ4v) is 13.7. The molecule has 2 fully saturated rings. The second kappa shape index (κ2) is 35.8. The molecule has 2 aliphatic rings. The molecule has 12 aromatic rings. The van der Waals surface area contributed by atoms with Crippen LogP contribution in [0, 0.1) is 0 Å². The Morgan fingerprint density at radius 3 is 2.11 bits per heavy atom. The number of aryl methyl sites for hydroxylation is 2. The minimum Gasteiger partial charge on any atom is -0.493 e. The van der Waals surface area contributed by atoms with Crippen molar-refractivity contribution >= 4 is 95.4 Å². The zero-order chi connectivity index (χ0) is 76.4. The number of thiophene rings is 1. The number of aromatic amines is 1. The summed E-state index contributed by atoms with van der Waals surface area (Å²) in [6.07, 6.45) is 14.7. The Labute approximate surface area is 620 Å². The van der Waals surface area contributed by atoms with E-state index < -0.39 is 6.03 Å². The number of urea groups is 1. The number of imidazole rings is 2. The van der Waals surface area contributed by atoms with E-state index in [9.17, 15) is 28.8 Å². The highest BCUT2D eigenvalue weighted by molar-refractivity contribution is 7.20. The van der Waals surface area contributed by atoms with Gasteiger partial charge in [0.1, 0.15) is 22.5 Å². The second-order valence-corrected chi connectivity index (χ2v) is 26.3. The number of thiazole rings is 1. The van der Waals surface area contributed by atoms with Crippen molar-refractivity contribution in [1.29, 1.82) is 0 Å². The molecule has 33 heteroatoms. The van der Waals surface area contributed by atoms with Crippen molar-refractivity contribution in [2.75, 3.05) is 42.6 Å². The molecular weight excluding hydrogens is 1420 g/mol. The number of methoxy groups -OCH3 is 5. The molecule has 0 bridgehead atoms. The van der Waals surface area contributed by atoms with Gasteiger partial charge in [-0.15, -0.1) is 22.7 Å². The summed E-state index contributed by atoms with van der Waals surface area (Å²) >= 11 is 2.73. The minimum absolute atomic E-state index is 0.00303. The summed E-state index contributed by atoms with van der Waals surface area (Å²) in [4.78, 5) is 98.0. The third-order valence-electron chi connectivity index (χ3n) is 17.5. The maximum absolute atomic E-state index is 12.7. The number of amidine groups is 2. The Morgan fingerprint density at radius 2 is 1.42 bits per heavy atom. The van der Waals surface area contributed by atoms with E-state index in [1.54, 1.807) is 102 Å². The number of Topliss-reactive ketones (excluding diaryl/α,β-unsaturated/α-hetero) is 1. The van der Waals surface area contributed by atoms with Crippen LogP contribution in [-0.4, -0.2) is 147 Å². The van der Waals surface area contributed by atoms with E-state index in [-0.39, 0.29) is 58.7 Å². The molecule has 107 heavy (non-hydrogen) atoms. The summed E-state index contributed by atoms with van der Waals surface area (Å²) in [7, 11) is 13.0. The summed E-state index contributed by atoms with van der Waals surface area (Å²) in [5, 5.41) is 32.9. The number of carbonyl (C=O) groups is 3. The number of para-hydroxylation sites is 1. The number of hydrogen-bond acceptors (Lipinski definition) is 24. The van der Waals surface area contributed by atoms with Crippen molar-refractivity contribution in [3.05, 3.63) is 198 Å². The SMILES string of the molecule is CC(=O)CCCCn1c(=O)c2c(ncn2C)n(C)c1=O.COc1cc2cc(C(N)=NO)sc2cc1OC.COc1ccc(-c2csc(/C(N)=N/O)n2)cc1OC.COc1ccc([C@@H]2CC(=O)N(C(=O)NCc3cccnc3)N2C)cc1OC1CCCC1.O=c1c2[nH]cnc2c2cccnc2n1-c1ccccc1. The van der Waals surface area contributed by atoms with Gasteiger partial charge in [-0.2, -0.15) is 5.01 Å². The van der Waals surface area contributed by atoms with Crippen LogP contribution in [0.25, 0.3) is 60.3 Å². The number of nitrogens with zero attached hydrogens (tertiary/aromatic N) is 13. The fourth-order valence-electron chi connectivity index (χ4n) is 12.0. The topological polar surface area (TPSA) is 393 Å². The van der Waals surface area contributed by atoms with Crippen LogP contribution in [0.15, 0.2) is 171 Å². The molecule has 1 aliphatic heterocycles. The number of carbonyl (C=O) groups excluding carboxylic acids is 3. The molecule has 1 saturated carbocycles. The standard InChI is InChI=1S/C23H28N4O4.C15H10N4O.C13H18N4O3.C12H13N3O3S.C11H12N2O3S/c1-26-19(13-22(28)27(26)23(29)25-15-16-6-5-11-24-14-16)17-9-10-20(30-2)21(12-17)31-18-7-3-4-8-18;20-15-13-12(17-9-18-13)11-7-4-8-16-14(11)19(15)10-5-2-1-3-6-10;1-9(18)6-4-5-7-17-12(19)10-11(14-8-15(10)2)16(3)13(17)20;1-17-9-4-3-7(5-10(9)18-2)8-6-19-12(14-8)11(13)15-16;1-15-7-3-6-4-10(11(12)13-14)17-9(6)5-8(7)16-2/h5-6,9-12,14,18-19H,3-4,7-8,13,15H2,1-2H3,(H,25,29);1-9H,(H,17,18);8H,4-7H2,1-3H3;3-6,16H,1-2H3,(H2,13,15);3-5,14H,1-2H3,(H2,12,13)/t19-;;;;/m0..../s1. The van der Waals surface area contributed by atoms with Crippen LogP contribution in [0.1, 0.15) is 85.3 Å². The molecule has 0 unspecified atom stereocenters. The zero-order valence-electron chi connectivity index (χ0n) is 60.2. The number of H-pyrrole nitrogens is 1. The van der Waals surface area contributed by atoms with Crippen molar-refractivity contribution in [2.45, 2.75) is 83.5 Å². The average molecular weight is 1500 g/mol. The molecule has 1 atom stereocenters. The number of imide groups is 1. The van der Waals surface area contributed by atoms with Gasteiger partial charge in [-0.3, -0.25) is 33.1 Å². The number of pyridine rings is 3. The first-order chi connectivity index (χ1) is 51.7. The van der Waals surface area contributed by atoms with E-state index in [1.165, 1.54) is 69.2 Å². The van der Waals surface area contributed by atoms with E-state index in [4.69, 9.17) is 50.3 Å². The highest BCUT2D eigenvalue weighted by Crippen LogP contribution is 2.40. The molecule has 558 valence electrons. The summed E-state index contributed by atoms with van der Waals surface area (Å²) in [5.74, 6) is 3.92. The highest BCUT2D eigenvalue weighted by atomic mass is 32.1. The van der Waals surface area contributed by atoms with E-state index in [2.05, 4.69) is 45.5 Å². The molecule has 0 spiro atoms. The number of oxime groups is 2. The molecule has 3 amide bonds. The Bertz CT molecular complexity index is 5330. The van der Waals surface area contributed by atoms with Crippen molar-refractivity contribution < 1.29 is 53.2 Å². The average Bonchev–Trinajstić information content (AvgIpc) is 1.59. The number of ether oxygens (including phenoxy) is 6. The number of amides is 3. The molecule has 1 saturated heterocycles. The van der Waals surface area contributed by atoms with Crippen LogP contribution >= 0.6 is 22.7 Å². The molecule has 31 nitrogen and oxygen atoms in total. The van der Waals surface area contributed by atoms with Crippen molar-refractivity contribution in [3.8, 4) is 51.4 Å². The number of ketones is 1. The van der Waals surface area contributed by atoms with Crippen LogP contribution in [0.3, 0.4) is 0 Å². The van der Waals surface area contributed by atoms with E-state index in [0.29, 0.717) is 105 Å². The molecule has 1 aliphatic carbocycles. The predicted octanol–water partition coefficient (Wildman–Crippen LogP) is 9.83. The van der Waals surface area contributed by atoms with Gasteiger partial charge in [-0.25, -0.2) is 34.5 Å². The van der Waals surface area contributed by atoms with Crippen LogP contribution in [0.4, 0.5) is 4.79 Å². The number of nitrogens with one attached hydrogen (secondary N) is 2. The van der Waals surface area contributed by atoms with E-state index in [0.717, 1.165) is 56.4 Å². The van der Waals surface area contributed by atoms with Gasteiger partial charge in [0.2, 0.25) is 5.91 Å². The number of aromatic nitrogens is 10. The molecule has 0 radical (unpaired) electrons. The minimum atomic E-state index is -0.449. The largest absolute Gasteiger partial charge is 0.493 e. The molecule has 8 aromatic heterocycles. The number of fused-ring (bicyclic) bond motifs is 5. The second-order valence-electron chi connectivity index (χ2n) is 24.3. The van der Waals surface area contributed by atoms with E-state index >= 15 is 0 Å². The quantitative estimate of drug-likeness (QED) is 0.0144. The molecule has 14 rings (SSSR count). The van der Waals surface area contributed by atoms with Gasteiger partial charge in [0, 0.05) is 86.3 Å². The Kier molecular flexibility index (Phi) is 25.8. The van der Waals surface area contributed by atoms with Crippen LogP contribution in [0.2, 0.25) is 0 Å². The Morgan fingerprint density at radius 1 is 0.729 bits per heavy atom. The molecule has 8 N–H and O–H groups in total. The zero-order valence-corrected chi connectivity index (χ0v) is 61.8. The van der Waals surface area contributed by atoms with Crippen molar-refractivity contribution in [1.82, 2.24) is 63.5 Å². The fraction of sp³-hybridized carbons (Fsp3) is 0.284. The third kappa shape index (κ3) is 17.8. The summed E-state index contributed by atoms with van der Waals surface area (Å²) < 4.78 is 39.3. The van der Waals surface area contributed by atoms with Gasteiger partial charge in [-0.1, -0.05) is 40.6 Å². The lowest BCUT2D eigenvalue weighted by molar-refractivity contribution is -0.131. The monoisotopic (exact) mass is 1500 g/mol. The Balaban J connectivity index is 0.000000146. The summed E-state index contributed by atoms with van der Waals surface area (Å²) in [6, 6.07) is 33.0. The van der Waals surface area contributed by atoms with Crippen LogP contribution < -0.4 is 62.0 Å². The maximum Gasteiger partial charge on any atom is 0.339 e. The summed E-state index contributed by atoms with van der Waals surface area (Å²) in [5.41, 5.74) is 16.9. The number of hydrogen-bond donors (Lipinski definition) is 6. The number of benzene rings is 4. The number of hydrazine groups is 1. The smallest absolute Gasteiger partial charge is 0.339 e. The number of unbranched alkanes of at least 4 members (excludes halogenated alkanes) is 1. The first-order valence-electron chi connectivity index (χ1n) is 33.6. The van der Waals surface area contributed by atoms with Gasteiger partial charge in [-0.05, 0) is 135 Å². The predicted molar refractivity (Wildman–Crippen MR) is 407 cm³/mol. The maximum atomic E-state index is 12.7. The van der Waals surface area contributed by atoms with Crippen molar-refractivity contribution in [3.63, 3.8) is 0 Å². The lowest BCUT2D eigenvalue weighted by Gasteiger charge is -2.27. The number of nitrogens with two attached hydrogens (primary N) is 2. The lowest BCUT2D eigenvalue weighted by Crippen LogP contribution is -2.47. The van der Waals surface area contributed by atoms with Gasteiger partial charge in [0.25, 0.3) is 11.1 Å². The first-order valence-corrected chi connectivity index (χ1v) is 35.3. The van der Waals surface area contributed by atoms with Gasteiger partial charge >= 0.3 is 11.7 Å². The van der Waals surface area contributed by atoms with Gasteiger partial charge in [0.15, 0.2) is 62.3 Å². The van der Waals surface area contributed by atoms with Gasteiger partial charge < -0.3 is 70.0 Å². The lowest BCUT2D eigenvalue weighted by atomic mass is 10.0. The van der Waals surface area contributed by atoms with E-state index in [1.807, 2.05) is 102 Å². The highest BCUT2D eigenvalue weighted by Gasteiger charge is 2.40. The van der Waals surface area contributed by atoms with Crippen molar-refractivity contribution in [2.24, 2.45) is 35.9 Å². The molecule has 4 aromatic carbocycles. The molecule has 9 heterocycles. The first kappa shape index (κ1) is 77.1. The normalized spacial score (nSPS) is 13.7. The van der Waals surface area contributed by atoms with Crippen LogP contribution in [0.5, 0.6) is 34.5 Å². The summed E-state index contributed by atoms with van der Waals surface area (Å²) in [6.45, 7) is 2.16. The molecular formula is C74H81N17O14S2. The third-order valence-corrected chi connectivity index (χ3v) is 19.5.